The summed E-state index contributed by atoms with van der Waals surface area (Å²) in [5.74, 6) is 0. The van der Waals surface area contributed by atoms with Crippen LogP contribution in [0.4, 0.5) is 0 Å². The van der Waals surface area contributed by atoms with Crippen molar-refractivity contribution in [1.29, 1.82) is 0 Å². The summed E-state index contributed by atoms with van der Waals surface area (Å²) in [6.07, 6.45) is 7.97. The molecule has 0 spiro atoms. The van der Waals surface area contributed by atoms with Crippen LogP contribution < -0.4 is 5.73 Å². The first-order valence-electron chi connectivity index (χ1n) is 5.81. The average Bonchev–Trinajstić information content (AvgIpc) is 2.33. The van der Waals surface area contributed by atoms with Crippen molar-refractivity contribution in [3.8, 4) is 0 Å². The minimum Gasteiger partial charge on any atom is -0.327 e. The fourth-order valence-corrected chi connectivity index (χ4v) is 2.11. The SMILES string of the molecule is CCC[C@H](N)CN1CCCCCC1. The molecule has 0 saturated carbocycles. The predicted molar refractivity (Wildman–Crippen MR) is 57.8 cm³/mol. The highest BCUT2D eigenvalue weighted by atomic mass is 15.1. The lowest BCUT2D eigenvalue weighted by atomic mass is 10.1. The van der Waals surface area contributed by atoms with Crippen molar-refractivity contribution in [2.24, 2.45) is 5.73 Å². The predicted octanol–water partition coefficient (Wildman–Crippen LogP) is 1.99. The van der Waals surface area contributed by atoms with Crippen LogP contribution >= 0.6 is 0 Å². The molecule has 1 aliphatic rings. The fourth-order valence-electron chi connectivity index (χ4n) is 2.11. The molecule has 0 aromatic heterocycles. The molecule has 1 saturated heterocycles. The van der Waals surface area contributed by atoms with Gasteiger partial charge in [-0.3, -0.25) is 0 Å². The molecule has 0 radical (unpaired) electrons. The van der Waals surface area contributed by atoms with Gasteiger partial charge in [-0.1, -0.05) is 26.2 Å². The maximum absolute atomic E-state index is 6.02. The first kappa shape index (κ1) is 11.0. The molecule has 2 N–H and O–H groups in total. The molecule has 1 heterocycles. The molecule has 0 aliphatic carbocycles. The van der Waals surface area contributed by atoms with Crippen molar-refractivity contribution >= 4 is 0 Å². The number of nitrogens with two attached hydrogens (primary N) is 1. The van der Waals surface area contributed by atoms with Crippen LogP contribution in [0.25, 0.3) is 0 Å². The van der Waals surface area contributed by atoms with E-state index in [1.165, 1.54) is 51.6 Å². The Balaban J connectivity index is 2.17. The lowest BCUT2D eigenvalue weighted by Crippen LogP contribution is -2.37. The van der Waals surface area contributed by atoms with Gasteiger partial charge in [0.05, 0.1) is 0 Å². The van der Waals surface area contributed by atoms with E-state index in [-0.39, 0.29) is 0 Å². The van der Waals surface area contributed by atoms with E-state index in [1.807, 2.05) is 0 Å². The fraction of sp³-hybridized carbons (Fsp3) is 1.00. The Hall–Kier alpha value is -0.0800. The zero-order valence-electron chi connectivity index (χ0n) is 8.97. The molecule has 0 bridgehead atoms. The molecule has 1 atom stereocenters. The highest BCUT2D eigenvalue weighted by Gasteiger charge is 2.11. The van der Waals surface area contributed by atoms with Gasteiger partial charge in [0.2, 0.25) is 0 Å². The molecule has 2 nitrogen and oxygen atoms in total. The summed E-state index contributed by atoms with van der Waals surface area (Å²) in [7, 11) is 0. The number of hydrogen-bond donors (Lipinski definition) is 1. The van der Waals surface area contributed by atoms with E-state index in [0.29, 0.717) is 6.04 Å². The van der Waals surface area contributed by atoms with Crippen molar-refractivity contribution in [3.05, 3.63) is 0 Å². The molecule has 0 aromatic rings. The second-order valence-electron chi connectivity index (χ2n) is 4.26. The van der Waals surface area contributed by atoms with Crippen molar-refractivity contribution < 1.29 is 0 Å². The first-order chi connectivity index (χ1) is 6.33. The molecule has 13 heavy (non-hydrogen) atoms. The van der Waals surface area contributed by atoms with Crippen LogP contribution in [0.15, 0.2) is 0 Å². The Morgan fingerprint density at radius 1 is 1.15 bits per heavy atom. The molecular weight excluding hydrogens is 160 g/mol. The third-order valence-corrected chi connectivity index (χ3v) is 2.85. The second-order valence-corrected chi connectivity index (χ2v) is 4.26. The van der Waals surface area contributed by atoms with Crippen LogP contribution in [0.3, 0.4) is 0 Å². The largest absolute Gasteiger partial charge is 0.327 e. The van der Waals surface area contributed by atoms with Crippen LogP contribution in [-0.2, 0) is 0 Å². The Morgan fingerprint density at radius 2 is 1.77 bits per heavy atom. The second kappa shape index (κ2) is 6.39. The van der Waals surface area contributed by atoms with E-state index in [9.17, 15) is 0 Å². The molecular formula is C11H24N2. The molecule has 78 valence electrons. The Kier molecular flexibility index (Phi) is 5.40. The molecule has 0 unspecified atom stereocenters. The normalized spacial score (nSPS) is 22.6. The van der Waals surface area contributed by atoms with Gasteiger partial charge < -0.3 is 10.6 Å². The monoisotopic (exact) mass is 184 g/mol. The summed E-state index contributed by atoms with van der Waals surface area (Å²) in [6, 6.07) is 0.406. The van der Waals surface area contributed by atoms with Crippen LogP contribution in [0.2, 0.25) is 0 Å². The minimum atomic E-state index is 0.406. The Bertz CT molecular complexity index is 117. The number of hydrogen-bond acceptors (Lipinski definition) is 2. The van der Waals surface area contributed by atoms with Gasteiger partial charge in [-0.2, -0.15) is 0 Å². The van der Waals surface area contributed by atoms with Crippen molar-refractivity contribution in [1.82, 2.24) is 4.90 Å². The quantitative estimate of drug-likeness (QED) is 0.724. The molecule has 2 heteroatoms. The third kappa shape index (κ3) is 4.63. The van der Waals surface area contributed by atoms with Gasteiger partial charge in [-0.15, -0.1) is 0 Å². The Labute approximate surface area is 82.5 Å². The van der Waals surface area contributed by atoms with Gasteiger partial charge in [-0.05, 0) is 32.4 Å². The number of likely N-dealkylation sites (tertiary alicyclic amines) is 1. The van der Waals surface area contributed by atoms with Gasteiger partial charge in [-0.25, -0.2) is 0 Å². The summed E-state index contributed by atoms with van der Waals surface area (Å²) >= 11 is 0. The summed E-state index contributed by atoms with van der Waals surface area (Å²) in [4.78, 5) is 2.55. The molecule has 0 aromatic carbocycles. The summed E-state index contributed by atoms with van der Waals surface area (Å²) < 4.78 is 0. The first-order valence-corrected chi connectivity index (χ1v) is 5.81. The maximum atomic E-state index is 6.02. The smallest absolute Gasteiger partial charge is 0.0167 e. The van der Waals surface area contributed by atoms with E-state index < -0.39 is 0 Å². The zero-order chi connectivity index (χ0) is 9.52. The van der Waals surface area contributed by atoms with Crippen LogP contribution in [-0.4, -0.2) is 30.6 Å². The molecule has 0 amide bonds. The maximum Gasteiger partial charge on any atom is 0.0167 e. The standard InChI is InChI=1S/C11H24N2/c1-2-7-11(12)10-13-8-5-3-4-6-9-13/h11H,2-10,12H2,1H3/t11-/m0/s1. The van der Waals surface area contributed by atoms with Gasteiger partial charge >= 0.3 is 0 Å². The van der Waals surface area contributed by atoms with Crippen molar-refractivity contribution in [3.63, 3.8) is 0 Å². The van der Waals surface area contributed by atoms with E-state index in [1.54, 1.807) is 0 Å². The number of rotatable bonds is 4. The average molecular weight is 184 g/mol. The molecule has 1 aliphatic heterocycles. The van der Waals surface area contributed by atoms with Gasteiger partial charge in [0.25, 0.3) is 0 Å². The van der Waals surface area contributed by atoms with Crippen LogP contribution in [0.5, 0.6) is 0 Å². The third-order valence-electron chi connectivity index (χ3n) is 2.85. The topological polar surface area (TPSA) is 29.3 Å². The van der Waals surface area contributed by atoms with Crippen molar-refractivity contribution in [2.45, 2.75) is 51.5 Å². The summed E-state index contributed by atoms with van der Waals surface area (Å²) in [5, 5.41) is 0. The molecule has 1 fully saturated rings. The lowest BCUT2D eigenvalue weighted by Gasteiger charge is -2.23. The van der Waals surface area contributed by atoms with E-state index in [0.717, 1.165) is 6.54 Å². The highest BCUT2D eigenvalue weighted by Crippen LogP contribution is 2.10. The van der Waals surface area contributed by atoms with Crippen LogP contribution in [0, 0.1) is 0 Å². The lowest BCUT2D eigenvalue weighted by molar-refractivity contribution is 0.262. The van der Waals surface area contributed by atoms with Crippen molar-refractivity contribution in [2.75, 3.05) is 19.6 Å². The van der Waals surface area contributed by atoms with Gasteiger partial charge in [0.1, 0.15) is 0 Å². The van der Waals surface area contributed by atoms with Gasteiger partial charge in [0, 0.05) is 12.6 Å². The van der Waals surface area contributed by atoms with E-state index >= 15 is 0 Å². The van der Waals surface area contributed by atoms with Gasteiger partial charge in [0.15, 0.2) is 0 Å². The minimum absolute atomic E-state index is 0.406. The zero-order valence-corrected chi connectivity index (χ0v) is 8.97. The van der Waals surface area contributed by atoms with Crippen LogP contribution in [0.1, 0.15) is 45.4 Å². The summed E-state index contributed by atoms with van der Waals surface area (Å²) in [5.41, 5.74) is 6.02. The molecule has 1 rings (SSSR count). The van der Waals surface area contributed by atoms with E-state index in [2.05, 4.69) is 11.8 Å². The number of nitrogens with zero attached hydrogens (tertiary/aromatic N) is 1. The Morgan fingerprint density at radius 3 is 2.31 bits per heavy atom. The summed E-state index contributed by atoms with van der Waals surface area (Å²) in [6.45, 7) is 5.88. The van der Waals surface area contributed by atoms with E-state index in [4.69, 9.17) is 5.73 Å². The highest BCUT2D eigenvalue weighted by molar-refractivity contribution is 4.70.